The number of ether oxygens (including phenoxy) is 1. The van der Waals surface area contributed by atoms with Crippen LogP contribution in [-0.2, 0) is 21.4 Å². The van der Waals surface area contributed by atoms with Gasteiger partial charge >= 0.3 is 5.97 Å². The molecule has 1 amide bonds. The lowest BCUT2D eigenvalue weighted by Gasteiger charge is -2.22. The number of nitrogens with one attached hydrogen (secondary N) is 3. The van der Waals surface area contributed by atoms with E-state index < -0.39 is 12.0 Å². The summed E-state index contributed by atoms with van der Waals surface area (Å²) in [4.78, 5) is 48.4. The minimum Gasteiger partial charge on any atom is -0.462 e. The Hall–Kier alpha value is -5.10. The molecule has 2 bridgehead atoms. The number of aryl methyl sites for hydroxylation is 1. The number of anilines is 2. The van der Waals surface area contributed by atoms with E-state index in [1.165, 1.54) is 25.5 Å². The third-order valence-corrected chi connectivity index (χ3v) is 8.09. The number of benzene rings is 1. The lowest BCUT2D eigenvalue weighted by Crippen LogP contribution is -2.27. The number of carbonyl (C=O) groups excluding carboxylic acids is 2. The summed E-state index contributed by atoms with van der Waals surface area (Å²) >= 11 is 6.34. The van der Waals surface area contributed by atoms with Crippen molar-refractivity contribution in [2.45, 2.75) is 46.1 Å². The molecule has 1 aliphatic heterocycles. The van der Waals surface area contributed by atoms with Gasteiger partial charge in [0, 0.05) is 59.0 Å². The fourth-order valence-corrected chi connectivity index (χ4v) is 5.58. The Bertz CT molecular complexity index is 1900. The Morgan fingerprint density at radius 3 is 2.74 bits per heavy atom. The van der Waals surface area contributed by atoms with Crippen LogP contribution in [-0.4, -0.2) is 48.5 Å². The topological polar surface area (TPSA) is 157 Å². The van der Waals surface area contributed by atoms with Crippen LogP contribution < -0.4 is 16.2 Å². The van der Waals surface area contributed by atoms with Crippen molar-refractivity contribution in [2.75, 3.05) is 17.2 Å². The zero-order chi connectivity index (χ0) is 33.0. The Morgan fingerprint density at radius 2 is 2.00 bits per heavy atom. The number of hydrogen-bond acceptors (Lipinski definition) is 9. The maximum Gasteiger partial charge on any atom is 0.341 e. The minimum absolute atomic E-state index is 0.0338. The summed E-state index contributed by atoms with van der Waals surface area (Å²) in [5, 5.41) is 18.8. The van der Waals surface area contributed by atoms with Crippen molar-refractivity contribution in [3.8, 4) is 22.5 Å². The van der Waals surface area contributed by atoms with E-state index in [2.05, 4.69) is 25.7 Å². The summed E-state index contributed by atoms with van der Waals surface area (Å²) < 4.78 is 8.33. The molecule has 0 fully saturated rings. The van der Waals surface area contributed by atoms with E-state index in [1.807, 2.05) is 26.1 Å². The standard InChI is InChI=1S/C33H35ClN8O4/c1-5-46-33(45)24(20(3)35)16-37-25-10-9-22(34)14-23(25)26-15-30(43)42(18-38-26)29-8-6-7-19(2)32(44)40-28-17-39-41(4)31(28)21-11-12-36-27(29)13-21/h9-19,29,35,37H,5-8H2,1-4H3,(H,40,44)/b24-16+,35-20?. The van der Waals surface area contributed by atoms with Crippen LogP contribution >= 0.6 is 11.6 Å². The number of carbonyl (C=O) groups is 2. The Morgan fingerprint density at radius 1 is 1.20 bits per heavy atom. The highest BCUT2D eigenvalue weighted by Crippen LogP contribution is 2.33. The van der Waals surface area contributed by atoms with Gasteiger partial charge in [0.15, 0.2) is 0 Å². The van der Waals surface area contributed by atoms with Gasteiger partial charge in [0.1, 0.15) is 0 Å². The first kappa shape index (κ1) is 32.3. The first-order chi connectivity index (χ1) is 22.1. The SMILES string of the molecule is CCOC(=O)/C(=C/Nc1ccc(Cl)cc1-c1cc(=O)n(C2CCCC(C)C(=O)Nc3cnn(C)c3-c3ccnc2c3)cn1)C(C)=N. The van der Waals surface area contributed by atoms with Crippen LogP contribution in [0, 0.1) is 11.3 Å². The zero-order valence-corrected chi connectivity index (χ0v) is 26.8. The van der Waals surface area contributed by atoms with Crippen LogP contribution in [0.4, 0.5) is 11.4 Å². The van der Waals surface area contributed by atoms with Crippen molar-refractivity contribution in [1.29, 1.82) is 5.41 Å². The smallest absolute Gasteiger partial charge is 0.341 e. The van der Waals surface area contributed by atoms with Gasteiger partial charge < -0.3 is 20.8 Å². The van der Waals surface area contributed by atoms with E-state index in [4.69, 9.17) is 21.7 Å². The fraction of sp³-hybridized carbons (Fsp3) is 0.303. The summed E-state index contributed by atoms with van der Waals surface area (Å²) in [6, 6.07) is 9.80. The number of esters is 1. The average molecular weight is 643 g/mol. The van der Waals surface area contributed by atoms with E-state index in [0.29, 0.717) is 52.6 Å². The molecule has 0 saturated carbocycles. The maximum absolute atomic E-state index is 13.8. The lowest BCUT2D eigenvalue weighted by molar-refractivity contribution is -0.137. The van der Waals surface area contributed by atoms with Gasteiger partial charge in [-0.15, -0.1) is 0 Å². The predicted octanol–water partition coefficient (Wildman–Crippen LogP) is 5.61. The van der Waals surface area contributed by atoms with E-state index in [9.17, 15) is 14.4 Å². The third-order valence-electron chi connectivity index (χ3n) is 7.86. The molecule has 2 atom stereocenters. The van der Waals surface area contributed by atoms with Crippen LogP contribution in [0.5, 0.6) is 0 Å². The Balaban J connectivity index is 1.54. The third kappa shape index (κ3) is 6.91. The molecule has 0 aliphatic carbocycles. The van der Waals surface area contributed by atoms with Crippen LogP contribution in [0.15, 0.2) is 71.7 Å². The second kappa shape index (κ2) is 13.9. The quantitative estimate of drug-likeness (QED) is 0.133. The first-order valence-corrected chi connectivity index (χ1v) is 15.3. The molecule has 0 saturated heterocycles. The summed E-state index contributed by atoms with van der Waals surface area (Å²) in [5.41, 5.74) is 4.06. The van der Waals surface area contributed by atoms with Crippen molar-refractivity contribution < 1.29 is 14.3 Å². The van der Waals surface area contributed by atoms with Crippen molar-refractivity contribution in [3.05, 3.63) is 88.0 Å². The molecule has 4 aromatic rings. The maximum atomic E-state index is 13.8. The van der Waals surface area contributed by atoms with Gasteiger partial charge in [0.2, 0.25) is 5.91 Å². The fourth-order valence-electron chi connectivity index (χ4n) is 5.41. The highest BCUT2D eigenvalue weighted by Gasteiger charge is 2.24. The average Bonchev–Trinajstić information content (AvgIpc) is 3.39. The highest BCUT2D eigenvalue weighted by atomic mass is 35.5. The molecule has 0 radical (unpaired) electrons. The highest BCUT2D eigenvalue weighted by molar-refractivity contribution is 6.31. The zero-order valence-electron chi connectivity index (χ0n) is 26.0. The molecule has 46 heavy (non-hydrogen) atoms. The van der Waals surface area contributed by atoms with Gasteiger partial charge in [-0.05, 0) is 57.0 Å². The summed E-state index contributed by atoms with van der Waals surface area (Å²) in [5.74, 6) is -0.960. The lowest BCUT2D eigenvalue weighted by atomic mass is 9.97. The van der Waals surface area contributed by atoms with Gasteiger partial charge in [-0.1, -0.05) is 24.9 Å². The van der Waals surface area contributed by atoms with Crippen LogP contribution in [0.1, 0.15) is 51.8 Å². The summed E-state index contributed by atoms with van der Waals surface area (Å²) in [7, 11) is 1.81. The monoisotopic (exact) mass is 642 g/mol. The molecule has 0 spiro atoms. The number of aromatic nitrogens is 5. The van der Waals surface area contributed by atoms with Crippen LogP contribution in [0.2, 0.25) is 5.02 Å². The first-order valence-electron chi connectivity index (χ1n) is 14.9. The normalized spacial score (nSPS) is 16.8. The molecule has 4 heterocycles. The van der Waals surface area contributed by atoms with Gasteiger partial charge in [-0.3, -0.25) is 23.8 Å². The number of fused-ring (bicyclic) bond motifs is 4. The van der Waals surface area contributed by atoms with E-state index in [0.717, 1.165) is 11.3 Å². The molecular weight excluding hydrogens is 608 g/mol. The summed E-state index contributed by atoms with van der Waals surface area (Å²) in [6.45, 7) is 5.25. The van der Waals surface area contributed by atoms with Crippen molar-refractivity contribution in [3.63, 3.8) is 0 Å². The molecule has 2 unspecified atom stereocenters. The molecule has 12 nitrogen and oxygen atoms in total. The van der Waals surface area contributed by atoms with E-state index >= 15 is 0 Å². The van der Waals surface area contributed by atoms with Crippen molar-refractivity contribution in [1.82, 2.24) is 24.3 Å². The molecule has 3 aromatic heterocycles. The molecule has 1 aliphatic rings. The van der Waals surface area contributed by atoms with Gasteiger partial charge in [0.05, 0.1) is 53.5 Å². The van der Waals surface area contributed by atoms with Crippen LogP contribution in [0.3, 0.4) is 0 Å². The second-order valence-electron chi connectivity index (χ2n) is 11.1. The minimum atomic E-state index is -0.622. The molecular formula is C33H35ClN8O4. The number of hydrogen-bond donors (Lipinski definition) is 3. The van der Waals surface area contributed by atoms with E-state index in [-0.39, 0.29) is 35.3 Å². The largest absolute Gasteiger partial charge is 0.462 e. The van der Waals surface area contributed by atoms with Gasteiger partial charge in [-0.25, -0.2) is 9.78 Å². The van der Waals surface area contributed by atoms with Crippen molar-refractivity contribution in [2.24, 2.45) is 13.0 Å². The number of halogens is 1. The number of nitrogens with zero attached hydrogens (tertiary/aromatic N) is 5. The molecule has 238 valence electrons. The summed E-state index contributed by atoms with van der Waals surface area (Å²) in [6.07, 6.45) is 8.06. The van der Waals surface area contributed by atoms with E-state index in [1.54, 1.807) is 46.8 Å². The predicted molar refractivity (Wildman–Crippen MR) is 177 cm³/mol. The molecule has 13 heteroatoms. The molecule has 5 rings (SSSR count). The van der Waals surface area contributed by atoms with Gasteiger partial charge in [0.25, 0.3) is 5.56 Å². The second-order valence-corrected chi connectivity index (χ2v) is 11.5. The van der Waals surface area contributed by atoms with Gasteiger partial charge in [-0.2, -0.15) is 5.10 Å². The number of pyridine rings is 1. The molecule has 3 N–H and O–H groups in total. The Labute approximate surface area is 271 Å². The van der Waals surface area contributed by atoms with Crippen LogP contribution in [0.25, 0.3) is 22.5 Å². The van der Waals surface area contributed by atoms with Crippen molar-refractivity contribution >= 4 is 40.6 Å². The Kier molecular flexibility index (Phi) is 9.76. The number of amides is 1. The molecule has 1 aromatic carbocycles. The number of rotatable bonds is 7.